The van der Waals surface area contributed by atoms with Gasteiger partial charge in [0.1, 0.15) is 0 Å². The maximum absolute atomic E-state index is 10.1. The molecule has 0 N–H and O–H groups in total. The van der Waals surface area contributed by atoms with Crippen LogP contribution < -0.4 is 0 Å². The fourth-order valence-electron chi connectivity index (χ4n) is 2.62. The zero-order chi connectivity index (χ0) is 15.6. The SMILES string of the molecule is CCCCCCCCCCCCCCCCC=C[N+](=O)[O-]. The fourth-order valence-corrected chi connectivity index (χ4v) is 2.62. The molecule has 3 heteroatoms. The van der Waals surface area contributed by atoms with Crippen LogP contribution in [0.1, 0.15) is 103 Å². The van der Waals surface area contributed by atoms with Crippen molar-refractivity contribution in [3.63, 3.8) is 0 Å². The normalized spacial score (nSPS) is 11.3. The highest BCUT2D eigenvalue weighted by molar-refractivity contribution is 4.71. The van der Waals surface area contributed by atoms with Crippen molar-refractivity contribution in [3.8, 4) is 0 Å². The lowest BCUT2D eigenvalue weighted by molar-refractivity contribution is -0.402. The average Bonchev–Trinajstić information content (AvgIpc) is 2.46. The van der Waals surface area contributed by atoms with E-state index in [-0.39, 0.29) is 4.92 Å². The van der Waals surface area contributed by atoms with E-state index in [1.165, 1.54) is 83.5 Å². The predicted molar refractivity (Wildman–Crippen MR) is 91.1 cm³/mol. The Morgan fingerprint density at radius 2 is 1.10 bits per heavy atom. The lowest BCUT2D eigenvalue weighted by Gasteiger charge is -2.02. The van der Waals surface area contributed by atoms with Gasteiger partial charge < -0.3 is 0 Å². The Kier molecular flexibility index (Phi) is 16.5. The van der Waals surface area contributed by atoms with Gasteiger partial charge in [-0.05, 0) is 18.9 Å². The molecule has 0 saturated carbocycles. The second-order valence-corrected chi connectivity index (χ2v) is 6.05. The third-order valence-electron chi connectivity index (χ3n) is 3.95. The van der Waals surface area contributed by atoms with Gasteiger partial charge in [0.05, 0.1) is 4.92 Å². The monoisotopic (exact) mass is 297 g/mol. The summed E-state index contributed by atoms with van der Waals surface area (Å²) >= 11 is 0. The molecule has 3 nitrogen and oxygen atoms in total. The third-order valence-corrected chi connectivity index (χ3v) is 3.95. The van der Waals surface area contributed by atoms with E-state index < -0.39 is 0 Å². The summed E-state index contributed by atoms with van der Waals surface area (Å²) in [5, 5.41) is 10.1. The van der Waals surface area contributed by atoms with E-state index in [2.05, 4.69) is 6.92 Å². The standard InChI is InChI=1S/C18H35NO2/c1-2-3-4-5-6-7-8-9-10-11-12-13-14-15-16-17-18-19(20)21/h17-18H,2-16H2,1H3. The second kappa shape index (κ2) is 17.2. The van der Waals surface area contributed by atoms with Gasteiger partial charge in [-0.15, -0.1) is 0 Å². The number of nitrogens with zero attached hydrogens (tertiary/aromatic N) is 1. The van der Waals surface area contributed by atoms with Crippen LogP contribution >= 0.6 is 0 Å². The fraction of sp³-hybridized carbons (Fsp3) is 0.889. The van der Waals surface area contributed by atoms with Crippen molar-refractivity contribution in [3.05, 3.63) is 22.4 Å². The predicted octanol–water partition coefficient (Wildman–Crippen LogP) is 6.65. The molecule has 0 heterocycles. The van der Waals surface area contributed by atoms with Crippen LogP contribution in [0.5, 0.6) is 0 Å². The van der Waals surface area contributed by atoms with Gasteiger partial charge in [0.2, 0.25) is 6.20 Å². The maximum Gasteiger partial charge on any atom is 0.230 e. The minimum Gasteiger partial charge on any atom is -0.259 e. The molecule has 0 aliphatic rings. The topological polar surface area (TPSA) is 43.1 Å². The van der Waals surface area contributed by atoms with E-state index in [1.807, 2.05) is 0 Å². The van der Waals surface area contributed by atoms with Crippen LogP contribution in [-0.4, -0.2) is 4.92 Å². The first-order chi connectivity index (χ1) is 10.3. The summed E-state index contributed by atoms with van der Waals surface area (Å²) in [5.74, 6) is 0. The third kappa shape index (κ3) is 19.1. The van der Waals surface area contributed by atoms with E-state index in [0.29, 0.717) is 0 Å². The molecule has 0 rings (SSSR count). The highest BCUT2D eigenvalue weighted by Crippen LogP contribution is 2.13. The zero-order valence-electron chi connectivity index (χ0n) is 14.0. The van der Waals surface area contributed by atoms with Gasteiger partial charge in [-0.3, -0.25) is 10.1 Å². The van der Waals surface area contributed by atoms with Crippen molar-refractivity contribution >= 4 is 0 Å². The van der Waals surface area contributed by atoms with E-state index in [0.717, 1.165) is 19.0 Å². The molecular formula is C18H35NO2. The molecule has 0 unspecified atom stereocenters. The summed E-state index contributed by atoms with van der Waals surface area (Å²) in [6.45, 7) is 2.27. The van der Waals surface area contributed by atoms with Crippen LogP contribution in [0.4, 0.5) is 0 Å². The molecule has 0 aromatic rings. The van der Waals surface area contributed by atoms with E-state index in [9.17, 15) is 10.1 Å². The molecule has 0 aromatic heterocycles. The maximum atomic E-state index is 10.1. The Morgan fingerprint density at radius 1 is 0.714 bits per heavy atom. The Balaban J connectivity index is 3.01. The van der Waals surface area contributed by atoms with Crippen LogP contribution in [0.15, 0.2) is 12.3 Å². The van der Waals surface area contributed by atoms with Crippen molar-refractivity contribution in [2.75, 3.05) is 0 Å². The van der Waals surface area contributed by atoms with Gasteiger partial charge >= 0.3 is 0 Å². The molecule has 0 atom stereocenters. The number of allylic oxidation sites excluding steroid dienone is 1. The highest BCUT2D eigenvalue weighted by atomic mass is 16.6. The summed E-state index contributed by atoms with van der Waals surface area (Å²) in [4.78, 5) is 9.68. The minimum absolute atomic E-state index is 0.385. The van der Waals surface area contributed by atoms with Crippen molar-refractivity contribution < 1.29 is 4.92 Å². The lowest BCUT2D eigenvalue weighted by Crippen LogP contribution is -1.84. The van der Waals surface area contributed by atoms with Crippen molar-refractivity contribution in [2.24, 2.45) is 0 Å². The number of rotatable bonds is 16. The summed E-state index contributed by atoms with van der Waals surface area (Å²) in [6, 6.07) is 0. The van der Waals surface area contributed by atoms with Crippen molar-refractivity contribution in [2.45, 2.75) is 103 Å². The molecule has 0 fully saturated rings. The molecule has 0 aliphatic heterocycles. The molecule has 21 heavy (non-hydrogen) atoms. The van der Waals surface area contributed by atoms with Crippen LogP contribution in [-0.2, 0) is 0 Å². The quantitative estimate of drug-likeness (QED) is 0.182. The van der Waals surface area contributed by atoms with Gasteiger partial charge in [-0.1, -0.05) is 90.4 Å². The van der Waals surface area contributed by atoms with Gasteiger partial charge in [0.25, 0.3) is 0 Å². The lowest BCUT2D eigenvalue weighted by atomic mass is 10.0. The molecule has 0 saturated heterocycles. The van der Waals surface area contributed by atoms with Crippen LogP contribution in [0.2, 0.25) is 0 Å². The smallest absolute Gasteiger partial charge is 0.230 e. The Bertz CT molecular complexity index is 252. The van der Waals surface area contributed by atoms with E-state index >= 15 is 0 Å². The Labute approximate surface area is 131 Å². The summed E-state index contributed by atoms with van der Waals surface area (Å²) < 4.78 is 0. The summed E-state index contributed by atoms with van der Waals surface area (Å²) in [7, 11) is 0. The van der Waals surface area contributed by atoms with Crippen LogP contribution in [0.3, 0.4) is 0 Å². The number of hydrogen-bond donors (Lipinski definition) is 0. The first kappa shape index (κ1) is 20.1. The average molecular weight is 297 g/mol. The minimum atomic E-state index is -0.385. The molecule has 0 aliphatic carbocycles. The van der Waals surface area contributed by atoms with Crippen molar-refractivity contribution in [1.82, 2.24) is 0 Å². The van der Waals surface area contributed by atoms with Gasteiger partial charge in [-0.25, -0.2) is 0 Å². The van der Waals surface area contributed by atoms with E-state index in [1.54, 1.807) is 6.08 Å². The van der Waals surface area contributed by atoms with Crippen molar-refractivity contribution in [1.29, 1.82) is 0 Å². The molecule has 0 bridgehead atoms. The molecular weight excluding hydrogens is 262 g/mol. The highest BCUT2D eigenvalue weighted by Gasteiger charge is 1.94. The Morgan fingerprint density at radius 3 is 1.48 bits per heavy atom. The van der Waals surface area contributed by atoms with Crippen LogP contribution in [0, 0.1) is 10.1 Å². The van der Waals surface area contributed by atoms with Gasteiger partial charge in [0, 0.05) is 0 Å². The number of nitro groups is 1. The molecule has 0 amide bonds. The summed E-state index contributed by atoms with van der Waals surface area (Å²) in [5.41, 5.74) is 0. The van der Waals surface area contributed by atoms with Gasteiger partial charge in [-0.2, -0.15) is 0 Å². The first-order valence-corrected chi connectivity index (χ1v) is 9.07. The van der Waals surface area contributed by atoms with E-state index in [4.69, 9.17) is 0 Å². The molecule has 0 aromatic carbocycles. The largest absolute Gasteiger partial charge is 0.259 e. The number of hydrogen-bond acceptors (Lipinski definition) is 2. The Hall–Kier alpha value is -0.860. The summed E-state index contributed by atoms with van der Waals surface area (Å²) in [6.07, 6.45) is 22.5. The zero-order valence-corrected chi connectivity index (χ0v) is 14.0. The second-order valence-electron chi connectivity index (χ2n) is 6.05. The van der Waals surface area contributed by atoms with Crippen LogP contribution in [0.25, 0.3) is 0 Å². The molecule has 124 valence electrons. The molecule has 0 spiro atoms. The first-order valence-electron chi connectivity index (χ1n) is 9.07. The number of unbranched alkanes of at least 4 members (excludes halogenated alkanes) is 14. The van der Waals surface area contributed by atoms with Gasteiger partial charge in [0.15, 0.2) is 0 Å². The molecule has 0 radical (unpaired) electrons.